The SMILES string of the molecule is O=C1NC(=O)c2c1c1c3ccccc3n3c1c1c2c2ccccc2n1[C@H]1CC[C@H]3O1. The Kier molecular flexibility index (Phi) is 2.41. The summed E-state index contributed by atoms with van der Waals surface area (Å²) in [6.07, 6.45) is 1.65. The fourth-order valence-corrected chi connectivity index (χ4v) is 6.01. The average molecular weight is 393 g/mol. The highest BCUT2D eigenvalue weighted by atomic mass is 16.5. The van der Waals surface area contributed by atoms with Gasteiger partial charge in [-0.3, -0.25) is 14.9 Å². The minimum atomic E-state index is -0.313. The molecule has 8 rings (SSSR count). The van der Waals surface area contributed by atoms with Gasteiger partial charge >= 0.3 is 0 Å². The van der Waals surface area contributed by atoms with Crippen LogP contribution in [0, 0.1) is 0 Å². The molecular formula is C24H15N3O3. The largest absolute Gasteiger partial charge is 0.335 e. The number of para-hydroxylation sites is 2. The second kappa shape index (κ2) is 4.74. The summed E-state index contributed by atoms with van der Waals surface area (Å²) < 4.78 is 11.1. The Morgan fingerprint density at radius 3 is 1.70 bits per heavy atom. The van der Waals surface area contributed by atoms with E-state index in [0.29, 0.717) is 11.1 Å². The van der Waals surface area contributed by atoms with E-state index in [0.717, 1.165) is 56.5 Å². The first-order valence-corrected chi connectivity index (χ1v) is 10.3. The van der Waals surface area contributed by atoms with Crippen LogP contribution < -0.4 is 5.32 Å². The van der Waals surface area contributed by atoms with Crippen molar-refractivity contribution >= 4 is 55.4 Å². The molecule has 0 aliphatic carbocycles. The lowest BCUT2D eigenvalue weighted by molar-refractivity contribution is -0.0229. The van der Waals surface area contributed by atoms with Crippen LogP contribution in [0.4, 0.5) is 0 Å². The minimum absolute atomic E-state index is 0.0857. The normalized spacial score (nSPS) is 22.0. The van der Waals surface area contributed by atoms with Gasteiger partial charge < -0.3 is 13.9 Å². The van der Waals surface area contributed by atoms with Crippen LogP contribution in [0.3, 0.4) is 0 Å². The van der Waals surface area contributed by atoms with Crippen LogP contribution in [0.2, 0.25) is 0 Å². The van der Waals surface area contributed by atoms with E-state index in [1.165, 1.54) is 0 Å². The molecule has 0 saturated carbocycles. The van der Waals surface area contributed by atoms with Crippen LogP contribution in [0.5, 0.6) is 0 Å². The average Bonchev–Trinajstić information content (AvgIpc) is 3.46. The van der Waals surface area contributed by atoms with Crippen molar-refractivity contribution < 1.29 is 14.3 Å². The second-order valence-corrected chi connectivity index (χ2v) is 8.38. The maximum atomic E-state index is 13.0. The van der Waals surface area contributed by atoms with Crippen molar-refractivity contribution in [1.29, 1.82) is 0 Å². The van der Waals surface area contributed by atoms with E-state index >= 15 is 0 Å². The number of rotatable bonds is 0. The lowest BCUT2D eigenvalue weighted by Gasteiger charge is -2.15. The van der Waals surface area contributed by atoms with Gasteiger partial charge in [0.2, 0.25) is 0 Å². The van der Waals surface area contributed by atoms with Gasteiger partial charge in [-0.15, -0.1) is 0 Å². The lowest BCUT2D eigenvalue weighted by Crippen LogP contribution is -2.20. The molecule has 2 atom stereocenters. The Morgan fingerprint density at radius 1 is 0.733 bits per heavy atom. The first kappa shape index (κ1) is 15.2. The molecule has 1 N–H and O–H groups in total. The highest BCUT2D eigenvalue weighted by molar-refractivity contribution is 6.39. The molecule has 6 nitrogen and oxygen atoms in total. The summed E-state index contributed by atoms with van der Waals surface area (Å²) in [6.45, 7) is 0. The Hall–Kier alpha value is -3.64. The zero-order valence-electron chi connectivity index (χ0n) is 15.8. The number of benzene rings is 3. The second-order valence-electron chi connectivity index (χ2n) is 8.38. The zero-order chi connectivity index (χ0) is 19.7. The van der Waals surface area contributed by atoms with Gasteiger partial charge in [-0.2, -0.15) is 0 Å². The molecule has 144 valence electrons. The van der Waals surface area contributed by atoms with Crippen LogP contribution in [0.15, 0.2) is 48.5 Å². The van der Waals surface area contributed by atoms with E-state index in [1.54, 1.807) is 0 Å². The van der Waals surface area contributed by atoms with Gasteiger partial charge in [0.05, 0.1) is 33.2 Å². The third kappa shape index (κ3) is 1.46. The van der Waals surface area contributed by atoms with Gasteiger partial charge in [-0.25, -0.2) is 0 Å². The number of aromatic nitrogens is 2. The summed E-state index contributed by atoms with van der Waals surface area (Å²) in [4.78, 5) is 26.0. The summed E-state index contributed by atoms with van der Waals surface area (Å²) in [5.74, 6) is -0.626. The number of nitrogens with zero attached hydrogens (tertiary/aromatic N) is 2. The van der Waals surface area contributed by atoms with Crippen LogP contribution in [-0.2, 0) is 4.74 Å². The highest BCUT2D eigenvalue weighted by Crippen LogP contribution is 2.52. The predicted octanol–water partition coefficient (Wildman–Crippen LogP) is 4.61. The Morgan fingerprint density at radius 2 is 1.20 bits per heavy atom. The first-order valence-electron chi connectivity index (χ1n) is 10.3. The topological polar surface area (TPSA) is 65.3 Å². The van der Waals surface area contributed by atoms with Crippen molar-refractivity contribution in [2.75, 3.05) is 0 Å². The van der Waals surface area contributed by atoms with Crippen molar-refractivity contribution in [2.45, 2.75) is 25.3 Å². The number of amides is 2. The minimum Gasteiger partial charge on any atom is -0.335 e. The third-order valence-electron chi connectivity index (χ3n) is 7.03. The molecule has 5 heterocycles. The zero-order valence-corrected chi connectivity index (χ0v) is 15.8. The van der Waals surface area contributed by atoms with Gasteiger partial charge in [0.15, 0.2) is 0 Å². The number of ether oxygens (including phenoxy) is 1. The Labute approximate surface area is 169 Å². The fraction of sp³-hybridized carbons (Fsp3) is 0.167. The van der Waals surface area contributed by atoms with E-state index in [-0.39, 0.29) is 24.3 Å². The van der Waals surface area contributed by atoms with E-state index in [1.807, 2.05) is 36.4 Å². The molecule has 2 amide bonds. The Bertz CT molecular complexity index is 1530. The quantitative estimate of drug-likeness (QED) is 0.391. The fourth-order valence-electron chi connectivity index (χ4n) is 6.01. The summed E-state index contributed by atoms with van der Waals surface area (Å²) in [5.41, 5.74) is 5.07. The summed E-state index contributed by atoms with van der Waals surface area (Å²) in [7, 11) is 0. The standard InChI is InChI=1S/C24H15N3O3/c28-23-19-17-11-5-1-3-7-13(11)26-15-9-10-16(30-15)27-14-8-4-2-6-12(14)18(22(27)21(17)26)20(19)24(29)25-23/h1-8,15-16H,9-10H2,(H,25,28,29)/t15-,16-/m1/s1. The number of carbonyl (C=O) groups excluding carboxylic acids is 2. The molecule has 0 radical (unpaired) electrons. The molecule has 2 aromatic heterocycles. The van der Waals surface area contributed by atoms with E-state index in [4.69, 9.17) is 4.74 Å². The molecule has 3 aromatic carbocycles. The monoisotopic (exact) mass is 393 g/mol. The van der Waals surface area contributed by atoms with Crippen molar-refractivity contribution in [3.05, 3.63) is 59.7 Å². The lowest BCUT2D eigenvalue weighted by atomic mass is 9.96. The van der Waals surface area contributed by atoms with E-state index < -0.39 is 0 Å². The van der Waals surface area contributed by atoms with Crippen LogP contribution in [-0.4, -0.2) is 20.9 Å². The molecule has 1 saturated heterocycles. The number of carbonyl (C=O) groups is 2. The van der Waals surface area contributed by atoms with Gasteiger partial charge in [0, 0.05) is 21.5 Å². The van der Waals surface area contributed by atoms with Crippen LogP contribution in [0.25, 0.3) is 43.6 Å². The molecule has 2 bridgehead atoms. The molecule has 6 heteroatoms. The molecule has 3 aliphatic heterocycles. The van der Waals surface area contributed by atoms with Crippen molar-refractivity contribution in [2.24, 2.45) is 0 Å². The molecule has 1 fully saturated rings. The third-order valence-corrected chi connectivity index (χ3v) is 7.03. The van der Waals surface area contributed by atoms with Crippen LogP contribution in [0.1, 0.15) is 46.0 Å². The molecule has 0 spiro atoms. The molecule has 0 unspecified atom stereocenters. The predicted molar refractivity (Wildman–Crippen MR) is 113 cm³/mol. The number of imide groups is 1. The summed E-state index contributed by atoms with van der Waals surface area (Å²) in [5, 5.41) is 6.25. The van der Waals surface area contributed by atoms with Gasteiger partial charge in [-0.1, -0.05) is 36.4 Å². The first-order chi connectivity index (χ1) is 14.7. The summed E-state index contributed by atoms with van der Waals surface area (Å²) in [6, 6.07) is 16.2. The maximum absolute atomic E-state index is 13.0. The molecule has 3 aliphatic rings. The molecule has 5 aromatic rings. The highest BCUT2D eigenvalue weighted by Gasteiger charge is 2.41. The number of hydrogen-bond donors (Lipinski definition) is 1. The van der Waals surface area contributed by atoms with E-state index in [2.05, 4.69) is 26.6 Å². The molecular weight excluding hydrogens is 378 g/mol. The van der Waals surface area contributed by atoms with E-state index in [9.17, 15) is 9.59 Å². The maximum Gasteiger partial charge on any atom is 0.259 e. The summed E-state index contributed by atoms with van der Waals surface area (Å²) >= 11 is 0. The number of fused-ring (bicyclic) bond motifs is 13. The number of hydrogen-bond acceptors (Lipinski definition) is 3. The Balaban J connectivity index is 1.83. The smallest absolute Gasteiger partial charge is 0.259 e. The van der Waals surface area contributed by atoms with Gasteiger partial charge in [0.1, 0.15) is 12.5 Å². The van der Waals surface area contributed by atoms with Gasteiger partial charge in [0.25, 0.3) is 11.8 Å². The number of nitrogens with one attached hydrogen (secondary N) is 1. The van der Waals surface area contributed by atoms with Crippen molar-refractivity contribution in [3.8, 4) is 0 Å². The van der Waals surface area contributed by atoms with Crippen molar-refractivity contribution in [1.82, 2.24) is 14.5 Å². The molecule has 30 heavy (non-hydrogen) atoms. The van der Waals surface area contributed by atoms with Gasteiger partial charge in [-0.05, 0) is 25.0 Å². The van der Waals surface area contributed by atoms with Crippen LogP contribution >= 0.6 is 0 Å². The van der Waals surface area contributed by atoms with Crippen molar-refractivity contribution in [3.63, 3.8) is 0 Å².